The van der Waals surface area contributed by atoms with Gasteiger partial charge in [0.25, 0.3) is 0 Å². The summed E-state index contributed by atoms with van der Waals surface area (Å²) in [5, 5.41) is 11.9. The number of hydrogen-bond acceptors (Lipinski definition) is 6. The summed E-state index contributed by atoms with van der Waals surface area (Å²) in [7, 11) is 2.17. The molecule has 3 heterocycles. The molecule has 6 heteroatoms. The summed E-state index contributed by atoms with van der Waals surface area (Å²) in [5.74, 6) is 0.892. The van der Waals surface area contributed by atoms with Crippen molar-refractivity contribution in [3.05, 3.63) is 66.4 Å². The number of aliphatic hydroxyl groups is 1. The van der Waals surface area contributed by atoms with Crippen LogP contribution >= 0.6 is 0 Å². The highest BCUT2D eigenvalue weighted by Gasteiger charge is 2.46. The summed E-state index contributed by atoms with van der Waals surface area (Å²) in [6.45, 7) is 5.47. The zero-order valence-electron chi connectivity index (χ0n) is 17.5. The maximum Gasteiger partial charge on any atom is 0.147 e. The molecule has 2 aromatic carbocycles. The van der Waals surface area contributed by atoms with Crippen molar-refractivity contribution in [2.24, 2.45) is 0 Å². The Morgan fingerprint density at radius 3 is 2.37 bits per heavy atom. The predicted octanol–water partition coefficient (Wildman–Crippen LogP) is 2.34. The third-order valence-electron chi connectivity index (χ3n) is 6.72. The van der Waals surface area contributed by atoms with E-state index in [1.165, 1.54) is 0 Å². The highest BCUT2D eigenvalue weighted by molar-refractivity contribution is 5.75. The fourth-order valence-corrected chi connectivity index (χ4v) is 4.85. The molecule has 1 aromatic heterocycles. The molecule has 0 bridgehead atoms. The van der Waals surface area contributed by atoms with Gasteiger partial charge in [0.1, 0.15) is 11.4 Å². The molecule has 1 N–H and O–H groups in total. The molecule has 0 saturated carbocycles. The average molecular weight is 404 g/mol. The van der Waals surface area contributed by atoms with Crippen LogP contribution in [0.5, 0.6) is 0 Å². The second kappa shape index (κ2) is 7.95. The molecule has 2 aliphatic rings. The molecule has 0 spiro atoms. The van der Waals surface area contributed by atoms with E-state index in [2.05, 4.69) is 38.9 Å². The number of anilines is 1. The Hall–Kier alpha value is -2.54. The van der Waals surface area contributed by atoms with Gasteiger partial charge in [0.2, 0.25) is 0 Å². The van der Waals surface area contributed by atoms with Crippen LogP contribution in [0, 0.1) is 0 Å². The van der Waals surface area contributed by atoms with Crippen LogP contribution in [0.2, 0.25) is 0 Å². The maximum atomic E-state index is 11.9. The van der Waals surface area contributed by atoms with E-state index in [1.54, 1.807) is 0 Å². The standard InChI is InChI=1S/C24H29N5O/c1-27-13-15-28(16-14-27)22-18-29(12-11-24(22,30)19-7-3-2-4-8-19)23-17-25-20-9-5-6-10-21(20)26-23/h2-10,17,22,30H,11-16,18H2,1H3/t22-,24+/m1/s1. The first-order chi connectivity index (χ1) is 14.6. The molecule has 2 fully saturated rings. The summed E-state index contributed by atoms with van der Waals surface area (Å²) >= 11 is 0. The van der Waals surface area contributed by atoms with Gasteiger partial charge in [-0.1, -0.05) is 42.5 Å². The highest BCUT2D eigenvalue weighted by atomic mass is 16.3. The molecule has 156 valence electrons. The van der Waals surface area contributed by atoms with Gasteiger partial charge in [-0.3, -0.25) is 9.88 Å². The lowest BCUT2D eigenvalue weighted by Gasteiger charge is -2.51. The van der Waals surface area contributed by atoms with E-state index in [1.807, 2.05) is 48.7 Å². The summed E-state index contributed by atoms with van der Waals surface area (Å²) in [4.78, 5) is 16.6. The number of para-hydroxylation sites is 2. The van der Waals surface area contributed by atoms with Crippen LogP contribution in [0.25, 0.3) is 11.0 Å². The van der Waals surface area contributed by atoms with Crippen LogP contribution in [0.1, 0.15) is 12.0 Å². The largest absolute Gasteiger partial charge is 0.383 e. The van der Waals surface area contributed by atoms with Crippen molar-refractivity contribution in [1.29, 1.82) is 0 Å². The van der Waals surface area contributed by atoms with E-state index in [0.717, 1.165) is 61.7 Å². The molecule has 6 nitrogen and oxygen atoms in total. The van der Waals surface area contributed by atoms with Crippen LogP contribution in [0.4, 0.5) is 5.82 Å². The van der Waals surface area contributed by atoms with Gasteiger partial charge in [-0.05, 0) is 31.2 Å². The Morgan fingerprint density at radius 2 is 1.60 bits per heavy atom. The SMILES string of the molecule is CN1CCN([C@@H]2CN(c3cnc4ccccc4n3)CC[C@]2(O)c2ccccc2)CC1. The minimum Gasteiger partial charge on any atom is -0.383 e. The van der Waals surface area contributed by atoms with Gasteiger partial charge in [0.15, 0.2) is 0 Å². The first-order valence-corrected chi connectivity index (χ1v) is 10.8. The predicted molar refractivity (Wildman–Crippen MR) is 120 cm³/mol. The second-order valence-corrected chi connectivity index (χ2v) is 8.56. The Labute approximate surface area is 177 Å². The van der Waals surface area contributed by atoms with Crippen molar-refractivity contribution in [3.8, 4) is 0 Å². The summed E-state index contributed by atoms with van der Waals surface area (Å²) < 4.78 is 0. The monoisotopic (exact) mass is 403 g/mol. The van der Waals surface area contributed by atoms with Gasteiger partial charge in [-0.25, -0.2) is 4.98 Å². The Bertz CT molecular complexity index is 1000. The van der Waals surface area contributed by atoms with Gasteiger partial charge < -0.3 is 14.9 Å². The topological polar surface area (TPSA) is 55.7 Å². The summed E-state index contributed by atoms with van der Waals surface area (Å²) in [6, 6.07) is 18.2. The molecule has 30 heavy (non-hydrogen) atoms. The first kappa shape index (κ1) is 19.4. The van der Waals surface area contributed by atoms with Crippen LogP contribution in [0.15, 0.2) is 60.8 Å². The van der Waals surface area contributed by atoms with Gasteiger partial charge in [0, 0.05) is 39.3 Å². The maximum absolute atomic E-state index is 11.9. The molecule has 0 unspecified atom stereocenters. The molecule has 0 aliphatic carbocycles. The van der Waals surface area contributed by atoms with E-state index in [-0.39, 0.29) is 6.04 Å². The van der Waals surface area contributed by atoms with Crippen LogP contribution in [-0.4, -0.2) is 77.2 Å². The van der Waals surface area contributed by atoms with Crippen LogP contribution in [-0.2, 0) is 5.60 Å². The van der Waals surface area contributed by atoms with Crippen molar-refractivity contribution >= 4 is 16.9 Å². The smallest absolute Gasteiger partial charge is 0.147 e. The van der Waals surface area contributed by atoms with Crippen molar-refractivity contribution in [3.63, 3.8) is 0 Å². The third-order valence-corrected chi connectivity index (χ3v) is 6.72. The fourth-order valence-electron chi connectivity index (χ4n) is 4.85. The number of likely N-dealkylation sites (N-methyl/N-ethyl adjacent to an activating group) is 1. The average Bonchev–Trinajstić information content (AvgIpc) is 2.80. The molecule has 3 aromatic rings. The Kier molecular flexibility index (Phi) is 5.15. The number of hydrogen-bond donors (Lipinski definition) is 1. The van der Waals surface area contributed by atoms with Gasteiger partial charge >= 0.3 is 0 Å². The van der Waals surface area contributed by atoms with Gasteiger partial charge in [0.05, 0.1) is 23.3 Å². The number of piperazine rings is 1. The molecule has 2 atom stereocenters. The molecule has 0 amide bonds. The van der Waals surface area contributed by atoms with Crippen LogP contribution < -0.4 is 4.90 Å². The second-order valence-electron chi connectivity index (χ2n) is 8.56. The Balaban J connectivity index is 1.47. The van der Waals surface area contributed by atoms with Crippen molar-refractivity contribution in [2.45, 2.75) is 18.1 Å². The highest BCUT2D eigenvalue weighted by Crippen LogP contribution is 2.37. The normalized spacial score (nSPS) is 26.2. The minimum atomic E-state index is -0.863. The van der Waals surface area contributed by atoms with E-state index in [9.17, 15) is 5.11 Å². The summed E-state index contributed by atoms with van der Waals surface area (Å²) in [5.41, 5.74) is 1.97. The number of nitrogens with zero attached hydrogens (tertiary/aromatic N) is 5. The lowest BCUT2D eigenvalue weighted by atomic mass is 9.79. The third kappa shape index (κ3) is 3.55. The van der Waals surface area contributed by atoms with Gasteiger partial charge in [-0.2, -0.15) is 0 Å². The first-order valence-electron chi connectivity index (χ1n) is 10.8. The number of aromatic nitrogens is 2. The van der Waals surface area contributed by atoms with Crippen molar-refractivity contribution < 1.29 is 5.11 Å². The van der Waals surface area contributed by atoms with Crippen LogP contribution in [0.3, 0.4) is 0 Å². The van der Waals surface area contributed by atoms with Crippen molar-refractivity contribution in [1.82, 2.24) is 19.8 Å². The number of rotatable bonds is 3. The molecule has 2 aliphatic heterocycles. The minimum absolute atomic E-state index is 0.00983. The summed E-state index contributed by atoms with van der Waals surface area (Å²) in [6.07, 6.45) is 2.54. The molecular formula is C24H29N5O. The number of piperidine rings is 1. The zero-order valence-corrected chi connectivity index (χ0v) is 17.5. The van der Waals surface area contributed by atoms with E-state index < -0.39 is 5.60 Å². The van der Waals surface area contributed by atoms with Crippen molar-refractivity contribution in [2.75, 3.05) is 51.2 Å². The quantitative estimate of drug-likeness (QED) is 0.725. The lowest BCUT2D eigenvalue weighted by molar-refractivity contribution is -0.0757. The molecule has 5 rings (SSSR count). The van der Waals surface area contributed by atoms with E-state index >= 15 is 0 Å². The van der Waals surface area contributed by atoms with E-state index in [4.69, 9.17) is 4.98 Å². The molecular weight excluding hydrogens is 374 g/mol. The Morgan fingerprint density at radius 1 is 0.900 bits per heavy atom. The van der Waals surface area contributed by atoms with E-state index in [0.29, 0.717) is 6.42 Å². The number of fused-ring (bicyclic) bond motifs is 1. The number of benzene rings is 2. The van der Waals surface area contributed by atoms with Gasteiger partial charge in [-0.15, -0.1) is 0 Å². The molecule has 0 radical (unpaired) electrons. The molecule has 2 saturated heterocycles. The lowest BCUT2D eigenvalue weighted by Crippen LogP contribution is -2.64. The zero-order chi connectivity index (χ0) is 20.6. The fraction of sp³-hybridized carbons (Fsp3) is 0.417.